The highest BCUT2D eigenvalue weighted by Crippen LogP contribution is 2.61. The van der Waals surface area contributed by atoms with E-state index in [9.17, 15) is 30.0 Å². The van der Waals surface area contributed by atoms with Crippen molar-refractivity contribution >= 4 is 33.5 Å². The Morgan fingerprint density at radius 3 is 1.08 bits per heavy atom. The second-order valence-corrected chi connectivity index (χ2v) is 14.8. The van der Waals surface area contributed by atoms with Gasteiger partial charge in [-0.15, -0.1) is 0 Å². The van der Waals surface area contributed by atoms with Gasteiger partial charge in [0.25, 0.3) is 0 Å². The van der Waals surface area contributed by atoms with E-state index in [0.717, 1.165) is 0 Å². The Balaban J connectivity index is 1.08. The Morgan fingerprint density at radius 1 is 0.423 bits per heavy atom. The molecule has 0 atom stereocenters. The van der Waals surface area contributed by atoms with Gasteiger partial charge in [-0.3, -0.25) is 0 Å². The topological polar surface area (TPSA) is 152 Å². The van der Waals surface area contributed by atoms with Gasteiger partial charge in [0.2, 0.25) is 0 Å². The summed E-state index contributed by atoms with van der Waals surface area (Å²) in [6.45, 7) is 0. The van der Waals surface area contributed by atoms with Crippen molar-refractivity contribution in [3.8, 4) is 46.0 Å². The first-order valence-electron chi connectivity index (χ1n) is 16.0. The summed E-state index contributed by atoms with van der Waals surface area (Å²) in [7, 11) is 2.56. The minimum atomic E-state index is -1.42. The zero-order valence-electron chi connectivity index (χ0n) is 26.4. The lowest BCUT2D eigenvalue weighted by Crippen LogP contribution is -2.32. The summed E-state index contributed by atoms with van der Waals surface area (Å²) in [5, 5.41) is 41.1. The molecule has 4 aliphatic heterocycles. The van der Waals surface area contributed by atoms with Crippen molar-refractivity contribution in [3.63, 3.8) is 0 Å². The summed E-state index contributed by atoms with van der Waals surface area (Å²) in [5.41, 5.74) is 0.987. The van der Waals surface area contributed by atoms with Crippen LogP contribution in [0, 0.1) is 0 Å². The highest BCUT2D eigenvalue weighted by molar-refractivity contribution is 8.76. The van der Waals surface area contributed by atoms with Crippen LogP contribution in [0.3, 0.4) is 0 Å². The molecule has 2 spiro atoms. The Kier molecular flexibility index (Phi) is 6.25. The quantitative estimate of drug-likeness (QED) is 0.102. The van der Waals surface area contributed by atoms with Crippen molar-refractivity contribution in [2.24, 2.45) is 0 Å². The van der Waals surface area contributed by atoms with Crippen LogP contribution in [0.5, 0.6) is 46.0 Å². The van der Waals surface area contributed by atoms with Crippen molar-refractivity contribution in [1.82, 2.24) is 0 Å². The lowest BCUT2D eigenvalue weighted by atomic mass is 9.77. The third-order valence-electron chi connectivity index (χ3n) is 9.75. The van der Waals surface area contributed by atoms with Crippen molar-refractivity contribution in [1.29, 1.82) is 0 Å². The van der Waals surface area contributed by atoms with E-state index >= 15 is 0 Å². The normalized spacial score (nSPS) is 16.0. The Bertz CT molecular complexity index is 2320. The molecule has 4 N–H and O–H groups in total. The number of esters is 2. The first-order valence-corrected chi connectivity index (χ1v) is 18.1. The molecule has 4 heterocycles. The number of fused-ring (bicyclic) bond motifs is 12. The SMILES string of the molecule is O=C1OC2(c3ccc(O)cc3Oc3cc(O)ccc32)c2cccc(SSc3cccc4c3C(=O)OC43c4ccc(O)cc4Oc4cc(O)ccc43)c21. The predicted molar refractivity (Wildman–Crippen MR) is 188 cm³/mol. The number of aromatic hydroxyl groups is 4. The number of phenols is 4. The van der Waals surface area contributed by atoms with Crippen molar-refractivity contribution in [3.05, 3.63) is 154 Å². The van der Waals surface area contributed by atoms with E-state index in [-0.39, 0.29) is 46.0 Å². The number of hydrogen-bond acceptors (Lipinski definition) is 12. The lowest BCUT2D eigenvalue weighted by molar-refractivity contribution is 0.0212. The largest absolute Gasteiger partial charge is 0.508 e. The van der Waals surface area contributed by atoms with Gasteiger partial charge in [0.15, 0.2) is 11.2 Å². The molecule has 0 aromatic heterocycles. The van der Waals surface area contributed by atoms with Crippen LogP contribution >= 0.6 is 21.6 Å². The van der Waals surface area contributed by atoms with E-state index in [0.29, 0.717) is 54.3 Å². The molecule has 0 bridgehead atoms. The van der Waals surface area contributed by atoms with Crippen LogP contribution in [0.15, 0.2) is 119 Å². The molecule has 0 fully saturated rings. The van der Waals surface area contributed by atoms with E-state index in [4.69, 9.17) is 18.9 Å². The fourth-order valence-corrected chi connectivity index (χ4v) is 10.0. The smallest absolute Gasteiger partial charge is 0.341 e. The van der Waals surface area contributed by atoms with Crippen molar-refractivity contribution in [2.75, 3.05) is 0 Å². The molecule has 0 aliphatic carbocycles. The molecule has 4 aliphatic rings. The number of carbonyl (C=O) groups is 2. The van der Waals surface area contributed by atoms with Crippen LogP contribution in [-0.4, -0.2) is 32.4 Å². The lowest BCUT2D eigenvalue weighted by Gasteiger charge is -2.36. The average Bonchev–Trinajstić information content (AvgIpc) is 3.59. The molecule has 10 nitrogen and oxygen atoms in total. The third-order valence-corrected chi connectivity index (χ3v) is 12.2. The molecule has 10 rings (SSSR count). The summed E-state index contributed by atoms with van der Waals surface area (Å²) in [6, 6.07) is 29.2. The number of carbonyl (C=O) groups excluding carboxylic acids is 2. The standard InChI is InChI=1S/C40H22O10S2/c41-19-7-11-23-29(15-19)47-30-16-20(42)8-12-24(30)39(23)27-3-1-5-33(35(27)37(45)49-39)51-52-34-6-2-4-28-36(34)38(46)50-40(28)25-13-9-21(43)17-31(25)48-32-18-22(44)10-14-26(32)40/h1-18,41-44H. The van der Waals surface area contributed by atoms with Crippen LogP contribution in [0.1, 0.15) is 54.1 Å². The molecule has 12 heteroatoms. The summed E-state index contributed by atoms with van der Waals surface area (Å²) < 4.78 is 24.8. The monoisotopic (exact) mass is 726 g/mol. The highest BCUT2D eigenvalue weighted by Gasteiger charge is 2.56. The van der Waals surface area contributed by atoms with Crippen LogP contribution in [0.4, 0.5) is 0 Å². The number of ether oxygens (including phenoxy) is 4. The van der Waals surface area contributed by atoms with Crippen LogP contribution < -0.4 is 9.47 Å². The minimum Gasteiger partial charge on any atom is -0.508 e. The van der Waals surface area contributed by atoms with Gasteiger partial charge in [-0.25, -0.2) is 9.59 Å². The molecule has 6 aromatic carbocycles. The molecule has 52 heavy (non-hydrogen) atoms. The Morgan fingerprint density at radius 2 is 0.750 bits per heavy atom. The van der Waals surface area contributed by atoms with Gasteiger partial charge in [0, 0.05) is 67.4 Å². The number of rotatable bonds is 3. The summed E-state index contributed by atoms with van der Waals surface area (Å²) in [4.78, 5) is 29.1. The molecule has 0 radical (unpaired) electrons. The molecular formula is C40H22O10S2. The molecule has 0 saturated heterocycles. The van der Waals surface area contributed by atoms with Crippen LogP contribution in [-0.2, 0) is 20.7 Å². The van der Waals surface area contributed by atoms with E-state index in [1.165, 1.54) is 70.1 Å². The highest BCUT2D eigenvalue weighted by atomic mass is 33.1. The summed E-state index contributed by atoms with van der Waals surface area (Å²) in [6.07, 6.45) is 0. The predicted octanol–water partition coefficient (Wildman–Crippen LogP) is 8.44. The van der Waals surface area contributed by atoms with Gasteiger partial charge < -0.3 is 39.4 Å². The van der Waals surface area contributed by atoms with Crippen LogP contribution in [0.2, 0.25) is 0 Å². The van der Waals surface area contributed by atoms with Gasteiger partial charge in [0.05, 0.1) is 11.1 Å². The maximum atomic E-state index is 13.9. The van der Waals surface area contributed by atoms with E-state index in [2.05, 4.69) is 0 Å². The fraction of sp³-hybridized carbons (Fsp3) is 0.0500. The van der Waals surface area contributed by atoms with Gasteiger partial charge in [-0.2, -0.15) is 0 Å². The minimum absolute atomic E-state index is 0.0394. The molecule has 6 aromatic rings. The first-order chi connectivity index (χ1) is 25.2. The fourth-order valence-electron chi connectivity index (χ4n) is 7.66. The Hall–Kier alpha value is -6.24. The third kappa shape index (κ3) is 4.04. The van der Waals surface area contributed by atoms with Gasteiger partial charge in [-0.05, 0) is 60.7 Å². The molecule has 254 valence electrons. The Labute approximate surface area is 302 Å². The molecule has 0 amide bonds. The van der Waals surface area contributed by atoms with Gasteiger partial charge >= 0.3 is 11.9 Å². The number of hydrogen-bond donors (Lipinski definition) is 4. The number of benzene rings is 6. The second-order valence-electron chi connectivity index (χ2n) is 12.6. The van der Waals surface area contributed by atoms with Crippen molar-refractivity contribution in [2.45, 2.75) is 21.0 Å². The second kappa shape index (κ2) is 10.6. The molecule has 0 unspecified atom stereocenters. The van der Waals surface area contributed by atoms with Crippen molar-refractivity contribution < 1.29 is 49.0 Å². The average molecular weight is 727 g/mol. The zero-order valence-corrected chi connectivity index (χ0v) is 28.1. The summed E-state index contributed by atoms with van der Waals surface area (Å²) in [5.74, 6) is -0.190. The summed E-state index contributed by atoms with van der Waals surface area (Å²) >= 11 is 0. The maximum Gasteiger partial charge on any atom is 0.341 e. The maximum absolute atomic E-state index is 13.9. The first kappa shape index (κ1) is 30.6. The van der Waals surface area contributed by atoms with Gasteiger partial charge in [0.1, 0.15) is 46.0 Å². The van der Waals surface area contributed by atoms with E-state index in [1.54, 1.807) is 36.4 Å². The number of phenolic OH excluding ortho intramolecular Hbond substituents is 4. The van der Waals surface area contributed by atoms with E-state index in [1.807, 2.05) is 24.3 Å². The van der Waals surface area contributed by atoms with Gasteiger partial charge in [-0.1, -0.05) is 45.9 Å². The zero-order chi connectivity index (χ0) is 35.5. The van der Waals surface area contributed by atoms with Crippen LogP contribution in [0.25, 0.3) is 0 Å². The molecule has 0 saturated carbocycles. The molecular weight excluding hydrogens is 705 g/mol. The van der Waals surface area contributed by atoms with E-state index < -0.39 is 23.1 Å².